The van der Waals surface area contributed by atoms with E-state index in [0.29, 0.717) is 12.1 Å². The monoisotopic (exact) mass is 244 g/mol. The number of ether oxygens (including phenoxy) is 2. The highest BCUT2D eigenvalue weighted by molar-refractivity contribution is 5.67. The Balaban J connectivity index is 2.47. The largest absolute Gasteiger partial charge is 0.453 e. The summed E-state index contributed by atoms with van der Waals surface area (Å²) in [5, 5.41) is 0. The van der Waals surface area contributed by atoms with Crippen LogP contribution >= 0.6 is 0 Å². The summed E-state index contributed by atoms with van der Waals surface area (Å²) in [6.07, 6.45) is 0.809. The lowest BCUT2D eigenvalue weighted by molar-refractivity contribution is 0.0293. The third-order valence-corrected chi connectivity index (χ3v) is 3.30. The molecule has 1 rings (SSSR count). The number of piperazine rings is 1. The average Bonchev–Trinajstić information content (AvgIpc) is 2.31. The van der Waals surface area contributed by atoms with Crippen molar-refractivity contribution in [3.63, 3.8) is 0 Å². The highest BCUT2D eigenvalue weighted by Gasteiger charge is 2.31. The third kappa shape index (κ3) is 3.85. The minimum Gasteiger partial charge on any atom is -0.453 e. The second-order valence-corrected chi connectivity index (χ2v) is 4.66. The van der Waals surface area contributed by atoms with E-state index < -0.39 is 0 Å². The molecule has 1 aliphatic heterocycles. The first-order chi connectivity index (χ1) is 8.10. The van der Waals surface area contributed by atoms with E-state index in [1.807, 2.05) is 0 Å². The molecule has 0 aromatic carbocycles. The smallest absolute Gasteiger partial charge is 0.409 e. The van der Waals surface area contributed by atoms with Crippen molar-refractivity contribution in [3.8, 4) is 0 Å². The Morgan fingerprint density at radius 1 is 1.24 bits per heavy atom. The minimum absolute atomic E-state index is 0.222. The van der Waals surface area contributed by atoms with Crippen LogP contribution < -0.4 is 0 Å². The summed E-state index contributed by atoms with van der Waals surface area (Å²) in [6.45, 7) is 7.59. The molecule has 1 heterocycles. The van der Waals surface area contributed by atoms with Gasteiger partial charge in [-0.05, 0) is 20.3 Å². The van der Waals surface area contributed by atoms with Gasteiger partial charge in [-0.15, -0.1) is 0 Å². The molecule has 0 spiro atoms. The molecule has 0 bridgehead atoms. The van der Waals surface area contributed by atoms with Crippen molar-refractivity contribution in [2.75, 3.05) is 40.5 Å². The van der Waals surface area contributed by atoms with Gasteiger partial charge in [-0.1, -0.05) is 0 Å². The van der Waals surface area contributed by atoms with Crippen LogP contribution in [0.2, 0.25) is 0 Å². The molecule has 1 saturated heterocycles. The van der Waals surface area contributed by atoms with Crippen molar-refractivity contribution < 1.29 is 14.3 Å². The normalized spacial score (nSPS) is 26.0. The van der Waals surface area contributed by atoms with Crippen LogP contribution in [0.15, 0.2) is 0 Å². The fourth-order valence-corrected chi connectivity index (χ4v) is 2.47. The lowest BCUT2D eigenvalue weighted by atomic mass is 10.1. The Morgan fingerprint density at radius 2 is 1.82 bits per heavy atom. The van der Waals surface area contributed by atoms with Crippen molar-refractivity contribution in [2.45, 2.75) is 32.4 Å². The number of hydrogen-bond acceptors (Lipinski definition) is 4. The van der Waals surface area contributed by atoms with Gasteiger partial charge in [0.2, 0.25) is 0 Å². The van der Waals surface area contributed by atoms with Crippen LogP contribution in [0, 0.1) is 0 Å². The molecule has 2 unspecified atom stereocenters. The maximum absolute atomic E-state index is 11.5. The Labute approximate surface area is 104 Å². The molecule has 0 aromatic rings. The topological polar surface area (TPSA) is 42.0 Å². The van der Waals surface area contributed by atoms with E-state index in [4.69, 9.17) is 9.47 Å². The summed E-state index contributed by atoms with van der Waals surface area (Å²) in [6, 6.07) is 0.740. The van der Waals surface area contributed by atoms with Crippen LogP contribution in [0.3, 0.4) is 0 Å². The van der Waals surface area contributed by atoms with E-state index in [1.54, 1.807) is 12.0 Å². The number of methoxy groups -OCH3 is 2. The summed E-state index contributed by atoms with van der Waals surface area (Å²) in [5.41, 5.74) is 0. The molecule has 100 valence electrons. The van der Waals surface area contributed by atoms with Gasteiger partial charge in [-0.3, -0.25) is 4.90 Å². The summed E-state index contributed by atoms with van der Waals surface area (Å²) in [4.78, 5) is 15.7. The van der Waals surface area contributed by atoms with Crippen molar-refractivity contribution >= 4 is 6.09 Å². The van der Waals surface area contributed by atoms with Crippen LogP contribution in [0.5, 0.6) is 0 Å². The Kier molecular flexibility index (Phi) is 5.71. The number of amides is 1. The maximum Gasteiger partial charge on any atom is 0.409 e. The van der Waals surface area contributed by atoms with Crippen LogP contribution in [0.25, 0.3) is 0 Å². The van der Waals surface area contributed by atoms with Gasteiger partial charge in [-0.25, -0.2) is 4.79 Å². The fraction of sp³-hybridized carbons (Fsp3) is 0.917. The summed E-state index contributed by atoms with van der Waals surface area (Å²) < 4.78 is 9.84. The van der Waals surface area contributed by atoms with Gasteiger partial charge in [0.05, 0.1) is 7.11 Å². The van der Waals surface area contributed by atoms with Crippen molar-refractivity contribution in [2.24, 2.45) is 0 Å². The zero-order valence-corrected chi connectivity index (χ0v) is 11.3. The van der Waals surface area contributed by atoms with Gasteiger partial charge in [0.25, 0.3) is 0 Å². The Hall–Kier alpha value is -0.810. The summed E-state index contributed by atoms with van der Waals surface area (Å²) in [5.74, 6) is 0. The SMILES string of the molecule is COCCCN1C(C)CN(C(=O)OC)CC1C. The highest BCUT2D eigenvalue weighted by atomic mass is 16.5. The molecule has 0 aliphatic carbocycles. The van der Waals surface area contributed by atoms with Crippen LogP contribution in [0.4, 0.5) is 4.79 Å². The molecule has 0 aromatic heterocycles. The highest BCUT2D eigenvalue weighted by Crippen LogP contribution is 2.16. The van der Waals surface area contributed by atoms with E-state index in [1.165, 1.54) is 7.11 Å². The summed E-state index contributed by atoms with van der Waals surface area (Å²) in [7, 11) is 3.16. The van der Waals surface area contributed by atoms with Gasteiger partial charge in [0, 0.05) is 45.4 Å². The molecule has 1 aliphatic rings. The molecule has 0 N–H and O–H groups in total. The van der Waals surface area contributed by atoms with Crippen molar-refractivity contribution in [1.29, 1.82) is 0 Å². The van der Waals surface area contributed by atoms with Gasteiger partial charge in [0.15, 0.2) is 0 Å². The van der Waals surface area contributed by atoms with Gasteiger partial charge in [0.1, 0.15) is 0 Å². The molecular weight excluding hydrogens is 220 g/mol. The van der Waals surface area contributed by atoms with E-state index in [2.05, 4.69) is 18.7 Å². The molecule has 1 amide bonds. The molecule has 17 heavy (non-hydrogen) atoms. The first kappa shape index (κ1) is 14.3. The second kappa shape index (κ2) is 6.81. The fourth-order valence-electron chi connectivity index (χ4n) is 2.47. The molecule has 5 heteroatoms. The predicted octanol–water partition coefficient (Wildman–Crippen LogP) is 1.18. The lowest BCUT2D eigenvalue weighted by Crippen LogP contribution is -2.58. The zero-order chi connectivity index (χ0) is 12.8. The minimum atomic E-state index is -0.222. The van der Waals surface area contributed by atoms with Crippen molar-refractivity contribution in [1.82, 2.24) is 9.80 Å². The predicted molar refractivity (Wildman–Crippen MR) is 66.1 cm³/mol. The number of nitrogens with zero attached hydrogens (tertiary/aromatic N) is 2. The first-order valence-corrected chi connectivity index (χ1v) is 6.17. The maximum atomic E-state index is 11.5. The van der Waals surface area contributed by atoms with E-state index in [0.717, 1.165) is 32.7 Å². The Bertz CT molecular complexity index is 236. The molecule has 2 atom stereocenters. The van der Waals surface area contributed by atoms with Crippen LogP contribution in [-0.2, 0) is 9.47 Å². The van der Waals surface area contributed by atoms with Gasteiger partial charge < -0.3 is 14.4 Å². The molecule has 1 fully saturated rings. The van der Waals surface area contributed by atoms with Gasteiger partial charge >= 0.3 is 6.09 Å². The average molecular weight is 244 g/mol. The zero-order valence-electron chi connectivity index (χ0n) is 11.3. The van der Waals surface area contributed by atoms with E-state index >= 15 is 0 Å². The number of hydrogen-bond donors (Lipinski definition) is 0. The van der Waals surface area contributed by atoms with Crippen molar-refractivity contribution in [3.05, 3.63) is 0 Å². The molecular formula is C12H24N2O3. The quantitative estimate of drug-likeness (QED) is 0.697. The summed E-state index contributed by atoms with van der Waals surface area (Å²) >= 11 is 0. The molecule has 5 nitrogen and oxygen atoms in total. The molecule has 0 saturated carbocycles. The Morgan fingerprint density at radius 3 is 2.29 bits per heavy atom. The van der Waals surface area contributed by atoms with Crippen LogP contribution in [-0.4, -0.2) is 68.4 Å². The second-order valence-electron chi connectivity index (χ2n) is 4.66. The van der Waals surface area contributed by atoms with E-state index in [-0.39, 0.29) is 6.09 Å². The number of carbonyl (C=O) groups is 1. The number of rotatable bonds is 4. The van der Waals surface area contributed by atoms with Crippen LogP contribution in [0.1, 0.15) is 20.3 Å². The standard InChI is InChI=1S/C12H24N2O3/c1-10-8-13(12(15)17-4)9-11(2)14(10)6-5-7-16-3/h10-11H,5-9H2,1-4H3. The van der Waals surface area contributed by atoms with Gasteiger partial charge in [-0.2, -0.15) is 0 Å². The molecule has 0 radical (unpaired) electrons. The number of carbonyl (C=O) groups excluding carboxylic acids is 1. The first-order valence-electron chi connectivity index (χ1n) is 6.17. The lowest BCUT2D eigenvalue weighted by Gasteiger charge is -2.43. The van der Waals surface area contributed by atoms with E-state index in [9.17, 15) is 4.79 Å². The third-order valence-electron chi connectivity index (χ3n) is 3.30.